The van der Waals surface area contributed by atoms with Gasteiger partial charge in [0.2, 0.25) is 0 Å². The number of carbonyl (C=O) groups is 2. The van der Waals surface area contributed by atoms with Crippen LogP contribution in [0.15, 0.2) is 48.5 Å². The van der Waals surface area contributed by atoms with Gasteiger partial charge in [-0.3, -0.25) is 9.59 Å². The summed E-state index contributed by atoms with van der Waals surface area (Å²) in [7, 11) is -2.39. The summed E-state index contributed by atoms with van der Waals surface area (Å²) in [6, 6.07) is 15.5. The summed E-state index contributed by atoms with van der Waals surface area (Å²) in [6.45, 7) is 0. The first-order chi connectivity index (χ1) is 16.9. The van der Waals surface area contributed by atoms with E-state index in [1.165, 1.54) is 11.1 Å². The Hall–Kier alpha value is -1.63. The number of Topliss-reactive ketones (excluding diaryl/α,β-unsaturated/α-hetero) is 2. The topological polar surface area (TPSA) is 160 Å². The fourth-order valence-corrected chi connectivity index (χ4v) is 4.17. The molecule has 4 N–H and O–H groups in total. The molecule has 38 heavy (non-hydrogen) atoms. The molecular formula is C27H39NaO9S. The Morgan fingerprint density at radius 1 is 0.763 bits per heavy atom. The molecule has 11 heteroatoms. The number of hydrogen-bond acceptors (Lipinski definition) is 8. The van der Waals surface area contributed by atoms with Crippen LogP contribution in [0.1, 0.15) is 74.3 Å². The van der Waals surface area contributed by atoms with E-state index in [1.54, 1.807) is 19.2 Å². The van der Waals surface area contributed by atoms with Gasteiger partial charge in [-0.25, -0.2) is 9.47 Å². The second-order valence-electron chi connectivity index (χ2n) is 9.72. The molecule has 208 valence electrons. The monoisotopic (exact) mass is 562 g/mol. The zero-order valence-electron chi connectivity index (χ0n) is 22.7. The zero-order chi connectivity index (χ0) is 26.8. The van der Waals surface area contributed by atoms with Crippen LogP contribution >= 0.6 is 0 Å². The van der Waals surface area contributed by atoms with Crippen molar-refractivity contribution in [3.63, 3.8) is 0 Å². The summed E-state index contributed by atoms with van der Waals surface area (Å²) in [4.78, 5) is 22.2. The number of rotatable bonds is 4. The minimum absolute atomic E-state index is 0. The van der Waals surface area contributed by atoms with Gasteiger partial charge in [-0.15, -0.1) is 4.33 Å². The van der Waals surface area contributed by atoms with E-state index in [-0.39, 0.29) is 35.0 Å². The van der Waals surface area contributed by atoms with E-state index in [0.29, 0.717) is 42.0 Å². The molecule has 2 aliphatic rings. The van der Waals surface area contributed by atoms with Crippen LogP contribution in [-0.4, -0.2) is 55.8 Å². The molecule has 2 fully saturated rings. The average Bonchev–Trinajstić information content (AvgIpc) is 2.86. The molecular weight excluding hydrogens is 523 g/mol. The fourth-order valence-electron chi connectivity index (χ4n) is 4.17. The van der Waals surface area contributed by atoms with Gasteiger partial charge in [0, 0.05) is 38.2 Å². The van der Waals surface area contributed by atoms with Gasteiger partial charge in [0.1, 0.15) is 32.7 Å². The summed E-state index contributed by atoms with van der Waals surface area (Å²) in [5, 5.41) is 16.8. The van der Waals surface area contributed by atoms with Crippen molar-refractivity contribution in [2.75, 3.05) is 19.6 Å². The SMILES string of the molecule is COc1ccc(C2CCC(=O)CC2)cc1.CS(C)(=O)(O)OO.O=C1CCC(c2ccc(O)cc2)CC1.[Na+].[OH-]. The number of aromatic hydroxyl groups is 1. The van der Waals surface area contributed by atoms with E-state index < -0.39 is 9.63 Å². The van der Waals surface area contributed by atoms with E-state index in [2.05, 4.69) is 16.5 Å². The molecule has 0 aliphatic heterocycles. The van der Waals surface area contributed by atoms with E-state index in [9.17, 15) is 13.8 Å². The maximum Gasteiger partial charge on any atom is 1.00 e. The Labute approximate surface area is 246 Å². The van der Waals surface area contributed by atoms with Crippen LogP contribution in [0, 0.1) is 0 Å². The second kappa shape index (κ2) is 16.5. The van der Waals surface area contributed by atoms with Gasteiger partial charge in [0.05, 0.1) is 7.11 Å². The number of phenolic OH excluding ortho intramolecular Hbond substituents is 1. The first-order valence-electron chi connectivity index (χ1n) is 12.0. The molecule has 0 bridgehead atoms. The third kappa shape index (κ3) is 14.0. The van der Waals surface area contributed by atoms with Crippen molar-refractivity contribution in [3.8, 4) is 11.5 Å². The van der Waals surface area contributed by atoms with E-state index in [0.717, 1.165) is 56.8 Å². The van der Waals surface area contributed by atoms with Gasteiger partial charge in [-0.1, -0.05) is 24.3 Å². The summed E-state index contributed by atoms with van der Waals surface area (Å²) < 4.78 is 27.0. The molecule has 0 unspecified atom stereocenters. The van der Waals surface area contributed by atoms with Crippen molar-refractivity contribution in [2.45, 2.75) is 63.2 Å². The van der Waals surface area contributed by atoms with Crippen LogP contribution in [0.5, 0.6) is 11.5 Å². The predicted molar refractivity (Wildman–Crippen MR) is 142 cm³/mol. The van der Waals surface area contributed by atoms with E-state index >= 15 is 0 Å². The van der Waals surface area contributed by atoms with Crippen molar-refractivity contribution < 1.29 is 72.8 Å². The van der Waals surface area contributed by atoms with Crippen LogP contribution in [0.4, 0.5) is 0 Å². The van der Waals surface area contributed by atoms with Gasteiger partial charge in [0.25, 0.3) is 0 Å². The number of ketones is 2. The molecule has 0 spiro atoms. The maximum atomic E-state index is 11.1. The minimum Gasteiger partial charge on any atom is -0.870 e. The molecule has 0 atom stereocenters. The Morgan fingerprint density at radius 2 is 1.08 bits per heavy atom. The molecule has 0 radical (unpaired) electrons. The predicted octanol–water partition coefficient (Wildman–Crippen LogP) is 2.31. The Morgan fingerprint density at radius 3 is 1.37 bits per heavy atom. The van der Waals surface area contributed by atoms with Crippen LogP contribution in [-0.2, 0) is 23.6 Å². The number of carbonyl (C=O) groups excluding carboxylic acids is 2. The van der Waals surface area contributed by atoms with Gasteiger partial charge < -0.3 is 19.9 Å². The largest absolute Gasteiger partial charge is 1.00 e. The zero-order valence-corrected chi connectivity index (χ0v) is 25.5. The molecule has 4 rings (SSSR count). The third-order valence-electron chi connectivity index (χ3n) is 6.25. The summed E-state index contributed by atoms with van der Waals surface area (Å²) in [5.74, 6) is 3.08. The molecule has 0 heterocycles. The van der Waals surface area contributed by atoms with E-state index in [1.807, 2.05) is 24.3 Å². The number of benzene rings is 2. The van der Waals surface area contributed by atoms with Gasteiger partial charge in [-0.2, -0.15) is 0 Å². The molecule has 2 aromatic rings. The maximum absolute atomic E-state index is 11.1. The number of phenols is 1. The van der Waals surface area contributed by atoms with Gasteiger partial charge in [0.15, 0.2) is 0 Å². The van der Waals surface area contributed by atoms with Gasteiger partial charge in [-0.05, 0) is 72.9 Å². The molecule has 0 aromatic heterocycles. The Kier molecular flexibility index (Phi) is 15.8. The molecule has 0 saturated heterocycles. The van der Waals surface area contributed by atoms with Crippen molar-refractivity contribution in [2.24, 2.45) is 0 Å². The summed E-state index contributed by atoms with van der Waals surface area (Å²) >= 11 is 0. The van der Waals surface area contributed by atoms with Crippen molar-refractivity contribution in [1.29, 1.82) is 0 Å². The standard InChI is InChI=1S/C13H16O2.C12H14O2.C2H8O4S.Na.H2O/c1-15-13-8-4-11(5-9-13)10-2-6-12(14)7-3-10;13-11-5-1-9(2-6-11)10-3-7-12(14)8-4-10;1-7(2,4,5)6-3;;/h4-5,8-10H,2-3,6-7H2,1H3;1-2,5-6,10,13H,3-4,7-8H2;3H,1-2H3,(H,4,5);;1H2/q;;;+1;/p-1. The van der Waals surface area contributed by atoms with Crippen LogP contribution < -0.4 is 34.3 Å². The van der Waals surface area contributed by atoms with Crippen molar-refractivity contribution >= 4 is 21.2 Å². The quantitative estimate of drug-likeness (QED) is 0.289. The first kappa shape index (κ1) is 36.4. The second-order valence-corrected chi connectivity index (χ2v) is 13.2. The van der Waals surface area contributed by atoms with Crippen LogP contribution in [0.25, 0.3) is 0 Å². The summed E-state index contributed by atoms with van der Waals surface area (Å²) in [5.41, 5.74) is 2.58. The Balaban J connectivity index is 0.000000560. The number of ether oxygens (including phenoxy) is 1. The van der Waals surface area contributed by atoms with E-state index in [4.69, 9.17) is 19.7 Å². The molecule has 2 saturated carbocycles. The third-order valence-corrected chi connectivity index (χ3v) is 6.68. The molecule has 0 amide bonds. The van der Waals surface area contributed by atoms with Crippen LogP contribution in [0.3, 0.4) is 0 Å². The molecule has 2 aromatic carbocycles. The number of hydrogen-bond donors (Lipinski definition) is 3. The summed E-state index contributed by atoms with van der Waals surface area (Å²) in [6.07, 6.45) is 8.66. The number of methoxy groups -OCH3 is 1. The average molecular weight is 563 g/mol. The minimum atomic E-state index is -4.06. The van der Waals surface area contributed by atoms with Gasteiger partial charge >= 0.3 is 29.6 Å². The van der Waals surface area contributed by atoms with Crippen molar-refractivity contribution in [1.82, 2.24) is 0 Å². The normalized spacial score (nSPS) is 17.1. The molecule has 2 aliphatic carbocycles. The van der Waals surface area contributed by atoms with Crippen molar-refractivity contribution in [3.05, 3.63) is 59.7 Å². The van der Waals surface area contributed by atoms with Crippen LogP contribution in [0.2, 0.25) is 0 Å². The first-order valence-corrected chi connectivity index (χ1v) is 14.7. The smallest absolute Gasteiger partial charge is 0.870 e. The molecule has 9 nitrogen and oxygen atoms in total. The Bertz CT molecular complexity index is 1030. The fraction of sp³-hybridized carbons (Fsp3) is 0.481.